The van der Waals surface area contributed by atoms with Gasteiger partial charge in [-0.1, -0.05) is 0 Å². The van der Waals surface area contributed by atoms with Crippen molar-refractivity contribution < 1.29 is 35.9 Å². The van der Waals surface area contributed by atoms with Gasteiger partial charge in [0, 0.05) is 0 Å². The molecule has 7 heteroatoms. The van der Waals surface area contributed by atoms with Crippen LogP contribution in [0.5, 0.6) is 0 Å². The van der Waals surface area contributed by atoms with Crippen molar-refractivity contribution in [2.45, 2.75) is 85.7 Å². The van der Waals surface area contributed by atoms with E-state index in [0.29, 0.717) is 56.5 Å². The molecule has 0 radical (unpaired) electrons. The van der Waals surface area contributed by atoms with Crippen LogP contribution in [0.2, 0.25) is 47.2 Å². The molecule has 8 atom stereocenters. The van der Waals surface area contributed by atoms with Gasteiger partial charge in [0.15, 0.2) is 0 Å². The molecular formula is C20H22FeO6. The van der Waals surface area contributed by atoms with Crippen molar-refractivity contribution in [1.29, 1.82) is 0 Å². The number of aliphatic carboxylic acids is 2. The van der Waals surface area contributed by atoms with Crippen LogP contribution in [-0.4, -0.2) is 33.7 Å². The molecular weight excluding hydrogens is 392 g/mol. The minimum atomic E-state index is -4.14. The fraction of sp³-hybridized carbons (Fsp3) is 0.800. The molecule has 0 aromatic heterocycles. The predicted molar refractivity (Wildman–Crippen MR) is 88.4 cm³/mol. The van der Waals surface area contributed by atoms with E-state index in [0.717, 1.165) is 19.3 Å². The molecule has 27 heavy (non-hydrogen) atoms. The first-order chi connectivity index (χ1) is 12.6. The van der Waals surface area contributed by atoms with Crippen molar-refractivity contribution in [2.75, 3.05) is 0 Å². The predicted octanol–water partition coefficient (Wildman–Crippen LogP) is 3.76. The van der Waals surface area contributed by atoms with Crippen molar-refractivity contribution in [2.24, 2.45) is 0 Å². The second-order valence-electron chi connectivity index (χ2n) is 13.1. The second-order valence-corrected chi connectivity index (χ2v) is 36.3. The summed E-state index contributed by atoms with van der Waals surface area (Å²) in [5, 5.41) is 17.8. The number of Topliss-reactive ketones (excluding diaryl/α,β-unsaturated/α-hetero) is 2. The Kier molecular flexibility index (Phi) is 0.713. The molecule has 0 aliphatic carbocycles. The van der Waals surface area contributed by atoms with Gasteiger partial charge in [-0.15, -0.1) is 0 Å². The van der Waals surface area contributed by atoms with Gasteiger partial charge in [-0.05, 0) is 0 Å². The van der Waals surface area contributed by atoms with Gasteiger partial charge in [0.2, 0.25) is 0 Å². The van der Waals surface area contributed by atoms with Gasteiger partial charge < -0.3 is 0 Å². The van der Waals surface area contributed by atoms with E-state index >= 15 is 0 Å². The molecule has 10 aliphatic heterocycles. The first kappa shape index (κ1) is 13.1. The Morgan fingerprint density at radius 2 is 0.963 bits per heavy atom. The summed E-state index contributed by atoms with van der Waals surface area (Å²) in [5.41, 5.74) is 0. The van der Waals surface area contributed by atoms with Gasteiger partial charge in [-0.25, -0.2) is 0 Å². The Bertz CT molecular complexity index is 1280. The van der Waals surface area contributed by atoms with Crippen LogP contribution in [0.15, 0.2) is 0 Å². The summed E-state index contributed by atoms with van der Waals surface area (Å²) < 4.78 is -0.0925. The molecule has 0 amide bonds. The maximum atomic E-state index is 13.5. The van der Waals surface area contributed by atoms with Gasteiger partial charge in [0.25, 0.3) is 0 Å². The van der Waals surface area contributed by atoms with E-state index < -0.39 is 18.4 Å². The Hall–Kier alpha value is -1.20. The number of carboxylic acid groups (broad SMARTS) is 2. The molecule has 0 bridgehead atoms. The monoisotopic (exact) mass is 414 g/mol. The Morgan fingerprint density at radius 3 is 1.22 bits per heavy atom. The van der Waals surface area contributed by atoms with Gasteiger partial charge in [0.1, 0.15) is 0 Å². The van der Waals surface area contributed by atoms with Crippen LogP contribution in [0, 0.1) is 0 Å². The second kappa shape index (κ2) is 1.47. The Morgan fingerprint density at radius 1 is 0.630 bits per heavy atom. The van der Waals surface area contributed by atoms with E-state index in [4.69, 9.17) is 10.2 Å². The molecule has 146 valence electrons. The number of carbonyl (C=O) groups excluding carboxylic acids is 2. The normalized spacial score (nSPS) is 81.6. The molecule has 0 saturated carbocycles. The van der Waals surface area contributed by atoms with Crippen LogP contribution in [-0.2, 0) is 25.7 Å². The van der Waals surface area contributed by atoms with Crippen LogP contribution in [0.1, 0.15) is 38.5 Å². The summed E-state index contributed by atoms with van der Waals surface area (Å²) in [5.74, 6) is -0.906. The first-order valence-electron chi connectivity index (χ1n) is 10.3. The summed E-state index contributed by atoms with van der Waals surface area (Å²) in [6, 6.07) is 0. The SMILES string of the molecule is O=C(O)CCCC(=O)[C]12[CH]3[CH]4[CH]5[CH]1[Fe]45321678[CH]2[CH]1[CH]6[C]7(C(=O)CCCC(=O)O)[CH]28. The molecule has 0 aromatic carbocycles. The third-order valence-electron chi connectivity index (χ3n) is 17.3. The number of fused-ring (bicyclic) bond motifs is 10. The number of rotatable bonds is 10. The van der Waals surface area contributed by atoms with E-state index in [-0.39, 0.29) is 21.5 Å². The van der Waals surface area contributed by atoms with Gasteiger partial charge in [0.05, 0.1) is 0 Å². The molecule has 2 N–H and O–H groups in total. The van der Waals surface area contributed by atoms with Crippen LogP contribution in [0.4, 0.5) is 0 Å². The number of hydrogen-bond acceptors (Lipinski definition) is 4. The number of carboxylic acids is 2. The first-order valence-corrected chi connectivity index (χ1v) is 16.5. The topological polar surface area (TPSA) is 109 Å². The zero-order valence-corrected chi connectivity index (χ0v) is 15.8. The van der Waals surface area contributed by atoms with Crippen molar-refractivity contribution in [3.8, 4) is 0 Å². The average Bonchev–Trinajstić information content (AvgIpc) is 3.53. The van der Waals surface area contributed by atoms with E-state index in [1.165, 1.54) is 0 Å². The molecule has 10 rings (SSSR count). The van der Waals surface area contributed by atoms with E-state index in [2.05, 4.69) is 0 Å². The quantitative estimate of drug-likeness (QED) is 0.527. The molecule has 10 fully saturated rings. The molecule has 8 unspecified atom stereocenters. The summed E-state index contributed by atoms with van der Waals surface area (Å²) in [7, 11) is 0. The zero-order chi connectivity index (χ0) is 18.5. The Balaban J connectivity index is 1.10. The van der Waals surface area contributed by atoms with Crippen molar-refractivity contribution in [3.63, 3.8) is 0 Å². The van der Waals surface area contributed by atoms with Crippen LogP contribution < -0.4 is 0 Å². The van der Waals surface area contributed by atoms with Gasteiger partial charge >= 0.3 is 145 Å². The standard InChI is InChI=1S/2C10H11O3.Fe/c2*11-9(6-3-7-10(12)13)8-4-1-2-5-8;/h2*1-2,4-5H,3,6-7H2,(H,12,13);. The van der Waals surface area contributed by atoms with Crippen LogP contribution in [0.3, 0.4) is 0 Å². The molecule has 0 aromatic rings. The summed E-state index contributed by atoms with van der Waals surface area (Å²) >= 11 is 0. The van der Waals surface area contributed by atoms with E-state index in [1.807, 2.05) is 0 Å². The van der Waals surface area contributed by atoms with Crippen molar-refractivity contribution >= 4 is 23.5 Å². The van der Waals surface area contributed by atoms with Crippen molar-refractivity contribution in [3.05, 3.63) is 0 Å². The zero-order valence-electron chi connectivity index (χ0n) is 14.7. The van der Waals surface area contributed by atoms with Crippen molar-refractivity contribution in [1.82, 2.24) is 0 Å². The minimum absolute atomic E-state index is 0.0463. The number of hydrogen-bond donors (Lipinski definition) is 2. The third kappa shape index (κ3) is 0.208. The van der Waals surface area contributed by atoms with Crippen LogP contribution in [0.25, 0.3) is 0 Å². The molecule has 10 saturated heterocycles. The van der Waals surface area contributed by atoms with E-state index in [9.17, 15) is 19.2 Å². The maximum absolute atomic E-state index is 13.5. The van der Waals surface area contributed by atoms with E-state index in [1.54, 1.807) is 0 Å². The average molecular weight is 414 g/mol. The third-order valence-corrected chi connectivity index (χ3v) is 60.0. The number of ketones is 2. The molecule has 1 spiro atoms. The summed E-state index contributed by atoms with van der Waals surface area (Å²) in [6.07, 6.45) is 1.84. The molecule has 10 heterocycles. The number of carbonyl (C=O) groups is 4. The fourth-order valence-electron chi connectivity index (χ4n) is 19.3. The summed E-state index contributed by atoms with van der Waals surface area (Å²) in [4.78, 5) is 54.6. The van der Waals surface area contributed by atoms with Gasteiger partial charge in [-0.2, -0.15) is 0 Å². The fourth-order valence-corrected chi connectivity index (χ4v) is 95.3. The molecule has 6 nitrogen and oxygen atoms in total. The van der Waals surface area contributed by atoms with Gasteiger partial charge in [-0.3, -0.25) is 0 Å². The molecule has 10 aliphatic rings. The van der Waals surface area contributed by atoms with Crippen LogP contribution >= 0.6 is 0 Å². The summed E-state index contributed by atoms with van der Waals surface area (Å²) in [6.45, 7) is -4.14. The Labute approximate surface area is 145 Å².